The molecule has 0 aromatic carbocycles. The molecule has 0 aliphatic rings. The van der Waals surface area contributed by atoms with E-state index in [0.29, 0.717) is 0 Å². The van der Waals surface area contributed by atoms with Crippen molar-refractivity contribution in [2.24, 2.45) is 19.8 Å². The zero-order valence-electron chi connectivity index (χ0n) is 14.9. The average Bonchev–Trinajstić information content (AvgIpc) is 3.11. The van der Waals surface area contributed by atoms with Gasteiger partial charge in [0.25, 0.3) is 5.91 Å². The molecular weight excluding hydrogens is 401 g/mol. The number of sulfone groups is 1. The minimum Gasteiger partial charge on any atom is -0.363 e. The van der Waals surface area contributed by atoms with Gasteiger partial charge in [-0.2, -0.15) is 13.2 Å². The molecule has 0 unspecified atom stereocenters. The fourth-order valence-electron chi connectivity index (χ4n) is 2.80. The van der Waals surface area contributed by atoms with Gasteiger partial charge < -0.3 is 14.9 Å². The van der Waals surface area contributed by atoms with Crippen LogP contribution in [0.2, 0.25) is 0 Å². The van der Waals surface area contributed by atoms with Crippen LogP contribution in [0.3, 0.4) is 0 Å². The second-order valence-electron chi connectivity index (χ2n) is 5.97. The van der Waals surface area contributed by atoms with E-state index in [1.54, 1.807) is 0 Å². The van der Waals surface area contributed by atoms with Crippen molar-refractivity contribution in [2.45, 2.75) is 18.1 Å². The molecule has 2 N–H and O–H groups in total. The molecule has 0 radical (unpaired) electrons. The lowest BCUT2D eigenvalue weighted by atomic mass is 10.3. The molecule has 9 nitrogen and oxygen atoms in total. The molecule has 3 aromatic rings. The quantitative estimate of drug-likeness (QED) is 0.683. The number of pyridine rings is 1. The first-order chi connectivity index (χ1) is 12.9. The van der Waals surface area contributed by atoms with E-state index in [1.807, 2.05) is 0 Å². The molecule has 150 valence electrons. The summed E-state index contributed by atoms with van der Waals surface area (Å²) in [7, 11) is -1.08. The number of imidazole rings is 2. The van der Waals surface area contributed by atoms with Gasteiger partial charge in [0.2, 0.25) is 0 Å². The number of aryl methyl sites for hydroxylation is 1. The first-order valence-corrected chi connectivity index (χ1v) is 9.53. The van der Waals surface area contributed by atoms with Crippen LogP contribution in [0.1, 0.15) is 23.2 Å². The summed E-state index contributed by atoms with van der Waals surface area (Å²) in [5, 5.41) is -0.300. The number of nitrogens with zero attached hydrogens (tertiary/aromatic N) is 5. The molecule has 0 fully saturated rings. The van der Waals surface area contributed by atoms with E-state index in [0.717, 1.165) is 16.8 Å². The number of hydrogen-bond acceptors (Lipinski definition) is 6. The molecule has 0 saturated carbocycles. The summed E-state index contributed by atoms with van der Waals surface area (Å²) in [6.07, 6.45) is -3.67. The van der Waals surface area contributed by atoms with E-state index < -0.39 is 27.6 Å². The first-order valence-electron chi connectivity index (χ1n) is 7.87. The molecule has 28 heavy (non-hydrogen) atoms. The minimum absolute atomic E-state index is 0.0359. The third-order valence-electron chi connectivity index (χ3n) is 4.21. The molecule has 3 heterocycles. The Morgan fingerprint density at radius 1 is 1.21 bits per heavy atom. The fraction of sp³-hybridized carbons (Fsp3) is 0.333. The molecular formula is C15H15F3N6O3S. The Morgan fingerprint density at radius 3 is 2.39 bits per heavy atom. The van der Waals surface area contributed by atoms with E-state index in [1.165, 1.54) is 25.6 Å². The van der Waals surface area contributed by atoms with Crippen LogP contribution >= 0.6 is 0 Å². The van der Waals surface area contributed by atoms with Crippen molar-refractivity contribution >= 4 is 26.8 Å². The summed E-state index contributed by atoms with van der Waals surface area (Å²) in [5.41, 5.74) is 4.13. The van der Waals surface area contributed by atoms with Crippen LogP contribution in [-0.2, 0) is 30.1 Å². The van der Waals surface area contributed by atoms with Crippen LogP contribution in [0, 0.1) is 0 Å². The summed E-state index contributed by atoms with van der Waals surface area (Å²) in [4.78, 5) is 23.1. The van der Waals surface area contributed by atoms with Crippen LogP contribution in [0.25, 0.3) is 22.6 Å². The third kappa shape index (κ3) is 3.00. The van der Waals surface area contributed by atoms with Gasteiger partial charge in [-0.3, -0.25) is 4.79 Å². The monoisotopic (exact) mass is 416 g/mol. The van der Waals surface area contributed by atoms with Crippen molar-refractivity contribution in [1.82, 2.24) is 24.1 Å². The zero-order valence-corrected chi connectivity index (χ0v) is 15.8. The topological polar surface area (TPSA) is 126 Å². The van der Waals surface area contributed by atoms with Gasteiger partial charge in [0.15, 0.2) is 26.5 Å². The predicted molar refractivity (Wildman–Crippen MR) is 92.0 cm³/mol. The fourth-order valence-corrected chi connectivity index (χ4v) is 4.01. The lowest BCUT2D eigenvalue weighted by molar-refractivity contribution is -0.141. The molecule has 0 saturated heterocycles. The Labute approximate surface area is 156 Å². The predicted octanol–water partition coefficient (Wildman–Crippen LogP) is 1.28. The van der Waals surface area contributed by atoms with Crippen molar-refractivity contribution < 1.29 is 26.4 Å². The summed E-state index contributed by atoms with van der Waals surface area (Å²) in [6.45, 7) is 1.41. The number of amides is 1. The summed E-state index contributed by atoms with van der Waals surface area (Å²) in [5.74, 6) is -1.60. The van der Waals surface area contributed by atoms with Crippen LogP contribution in [0.4, 0.5) is 13.2 Å². The molecule has 0 bridgehead atoms. The van der Waals surface area contributed by atoms with Crippen molar-refractivity contribution in [3.63, 3.8) is 0 Å². The first kappa shape index (κ1) is 19.8. The number of primary amides is 1. The number of rotatable bonds is 4. The van der Waals surface area contributed by atoms with E-state index in [9.17, 15) is 26.4 Å². The Bertz CT molecular complexity index is 1210. The summed E-state index contributed by atoms with van der Waals surface area (Å²) < 4.78 is 66.2. The lowest BCUT2D eigenvalue weighted by Gasteiger charge is -2.06. The summed E-state index contributed by atoms with van der Waals surface area (Å²) >= 11 is 0. The van der Waals surface area contributed by atoms with Gasteiger partial charge in [-0.25, -0.2) is 23.4 Å². The molecule has 0 aliphatic heterocycles. The maximum absolute atomic E-state index is 12.9. The average molecular weight is 416 g/mol. The molecule has 0 atom stereocenters. The number of alkyl halides is 3. The Hall–Kier alpha value is -2.96. The van der Waals surface area contributed by atoms with E-state index in [4.69, 9.17) is 5.73 Å². The number of hydrogen-bond donors (Lipinski definition) is 1. The highest BCUT2D eigenvalue weighted by molar-refractivity contribution is 7.91. The van der Waals surface area contributed by atoms with Gasteiger partial charge in [-0.05, 0) is 6.07 Å². The molecule has 0 spiro atoms. The van der Waals surface area contributed by atoms with E-state index in [2.05, 4.69) is 15.0 Å². The van der Waals surface area contributed by atoms with Crippen molar-refractivity contribution in [2.75, 3.05) is 5.75 Å². The number of fused-ring (bicyclic) bond motifs is 1. The van der Waals surface area contributed by atoms with Gasteiger partial charge in [0, 0.05) is 14.1 Å². The van der Waals surface area contributed by atoms with Crippen LogP contribution in [-0.4, -0.2) is 44.2 Å². The largest absolute Gasteiger partial charge is 0.433 e. The Morgan fingerprint density at radius 2 is 1.86 bits per heavy atom. The maximum Gasteiger partial charge on any atom is 0.433 e. The van der Waals surface area contributed by atoms with Gasteiger partial charge in [0.1, 0.15) is 11.4 Å². The highest BCUT2D eigenvalue weighted by Gasteiger charge is 2.34. The van der Waals surface area contributed by atoms with Gasteiger partial charge in [-0.15, -0.1) is 0 Å². The third-order valence-corrected chi connectivity index (χ3v) is 6.02. The standard InChI is InChI=1S/C15H15F3N6O3S/c1-4-28(26,27)14-10(22-13(11(19)25)24(14)3)12-21-7-5-9(15(16,17)18)20-6-8(7)23(12)2/h5-6H,4H2,1-3H3,(H2,19,25). The number of nitrogens with two attached hydrogens (primary N) is 1. The number of aromatic nitrogens is 5. The van der Waals surface area contributed by atoms with Crippen molar-refractivity contribution in [3.05, 3.63) is 23.8 Å². The Balaban J connectivity index is 2.35. The number of carbonyl (C=O) groups excluding carboxylic acids is 1. The number of halogens is 3. The van der Waals surface area contributed by atoms with Crippen LogP contribution in [0.5, 0.6) is 0 Å². The minimum atomic E-state index is -4.66. The SMILES string of the molecule is CCS(=O)(=O)c1c(-c2nc3cc(C(F)(F)F)ncc3n2C)nc(C(N)=O)n1C. The number of carbonyl (C=O) groups is 1. The van der Waals surface area contributed by atoms with E-state index >= 15 is 0 Å². The second-order valence-corrected chi connectivity index (χ2v) is 8.16. The van der Waals surface area contributed by atoms with Crippen molar-refractivity contribution in [1.29, 1.82) is 0 Å². The zero-order chi connectivity index (χ0) is 21.0. The van der Waals surface area contributed by atoms with Gasteiger partial charge in [0.05, 0.1) is 23.0 Å². The highest BCUT2D eigenvalue weighted by atomic mass is 32.2. The van der Waals surface area contributed by atoms with Crippen molar-refractivity contribution in [3.8, 4) is 11.5 Å². The molecule has 3 rings (SSSR count). The molecule has 1 amide bonds. The summed E-state index contributed by atoms with van der Waals surface area (Å²) in [6, 6.07) is 0.755. The lowest BCUT2D eigenvalue weighted by Crippen LogP contribution is -2.18. The van der Waals surface area contributed by atoms with Crippen LogP contribution in [0.15, 0.2) is 17.3 Å². The van der Waals surface area contributed by atoms with Gasteiger partial charge >= 0.3 is 6.18 Å². The molecule has 13 heteroatoms. The van der Waals surface area contributed by atoms with Crippen LogP contribution < -0.4 is 5.73 Å². The second kappa shape index (κ2) is 6.29. The maximum atomic E-state index is 12.9. The van der Waals surface area contributed by atoms with E-state index in [-0.39, 0.29) is 39.2 Å². The highest BCUT2D eigenvalue weighted by Crippen LogP contribution is 2.32. The molecule has 3 aromatic heterocycles. The Kier molecular flexibility index (Phi) is 4.45. The smallest absolute Gasteiger partial charge is 0.363 e. The van der Waals surface area contributed by atoms with Gasteiger partial charge in [-0.1, -0.05) is 6.92 Å². The normalized spacial score (nSPS) is 12.6. The molecule has 0 aliphatic carbocycles.